The molecule has 3 N–H and O–H groups in total. The molecule has 0 bridgehead atoms. The number of hydrogen-bond donors (Lipinski definition) is 2. The Hall–Kier alpha value is -2.60. The van der Waals surface area contributed by atoms with Crippen LogP contribution in [0.5, 0.6) is 0 Å². The third-order valence-electron chi connectivity index (χ3n) is 5.46. The van der Waals surface area contributed by atoms with Gasteiger partial charge in [-0.15, -0.1) is 0 Å². The molecule has 6 heteroatoms. The van der Waals surface area contributed by atoms with Gasteiger partial charge in [0.05, 0.1) is 0 Å². The van der Waals surface area contributed by atoms with Crippen molar-refractivity contribution in [3.63, 3.8) is 0 Å². The minimum absolute atomic E-state index is 0.146. The number of fused-ring (bicyclic) bond motifs is 1. The minimum atomic E-state index is 0.146. The zero-order valence-electron chi connectivity index (χ0n) is 21.7. The fourth-order valence-electron chi connectivity index (χ4n) is 3.52. The van der Waals surface area contributed by atoms with E-state index in [0.717, 1.165) is 50.4 Å². The summed E-state index contributed by atoms with van der Waals surface area (Å²) >= 11 is 0. The smallest absolute Gasteiger partial charge is 0.223 e. The van der Waals surface area contributed by atoms with Crippen molar-refractivity contribution in [1.82, 2.24) is 5.32 Å². The first kappa shape index (κ1) is 28.4. The van der Waals surface area contributed by atoms with Crippen LogP contribution in [0.2, 0.25) is 0 Å². The van der Waals surface area contributed by atoms with Gasteiger partial charge in [0.15, 0.2) is 0 Å². The van der Waals surface area contributed by atoms with Gasteiger partial charge in [-0.3, -0.25) is 4.79 Å². The first-order chi connectivity index (χ1) is 15.7. The van der Waals surface area contributed by atoms with Gasteiger partial charge in [0.1, 0.15) is 5.84 Å². The molecule has 2 aliphatic rings. The average Bonchev–Trinajstić information content (AvgIpc) is 2.82. The molecule has 0 aromatic heterocycles. The van der Waals surface area contributed by atoms with Crippen LogP contribution in [0.4, 0.5) is 11.4 Å². The summed E-state index contributed by atoms with van der Waals surface area (Å²) in [7, 11) is 0. The SMILES string of the molecule is C=CC(N)=NC=C(C)C.CC(=O)N1CC(C)Cc2cc(N3CCNCC3)ccc21.CCCC. The highest BCUT2D eigenvalue weighted by Crippen LogP contribution is 2.33. The molecule has 1 aromatic rings. The molecule has 184 valence electrons. The third kappa shape index (κ3) is 10.3. The number of nitrogens with zero attached hydrogens (tertiary/aromatic N) is 3. The first-order valence-electron chi connectivity index (χ1n) is 12.2. The molecule has 1 amide bonds. The van der Waals surface area contributed by atoms with Crippen LogP contribution < -0.4 is 20.9 Å². The van der Waals surface area contributed by atoms with Crippen molar-refractivity contribution in [2.45, 2.75) is 60.8 Å². The van der Waals surface area contributed by atoms with Crippen molar-refractivity contribution in [2.24, 2.45) is 16.6 Å². The number of allylic oxidation sites excluding steroid dienone is 1. The van der Waals surface area contributed by atoms with E-state index in [2.05, 4.69) is 60.8 Å². The van der Waals surface area contributed by atoms with E-state index in [-0.39, 0.29) is 5.91 Å². The van der Waals surface area contributed by atoms with E-state index < -0.39 is 0 Å². The lowest BCUT2D eigenvalue weighted by Crippen LogP contribution is -2.43. The lowest BCUT2D eigenvalue weighted by Gasteiger charge is -2.35. The van der Waals surface area contributed by atoms with E-state index in [0.29, 0.717) is 11.8 Å². The van der Waals surface area contributed by atoms with Crippen molar-refractivity contribution < 1.29 is 4.79 Å². The van der Waals surface area contributed by atoms with Crippen LogP contribution in [0.3, 0.4) is 0 Å². The number of rotatable bonds is 4. The van der Waals surface area contributed by atoms with Crippen LogP contribution in [0.25, 0.3) is 0 Å². The molecule has 1 unspecified atom stereocenters. The maximum Gasteiger partial charge on any atom is 0.223 e. The second-order valence-corrected chi connectivity index (χ2v) is 8.95. The molecular weight excluding hydrogens is 410 g/mol. The Morgan fingerprint density at radius 3 is 2.36 bits per heavy atom. The predicted octanol–water partition coefficient (Wildman–Crippen LogP) is 4.90. The van der Waals surface area contributed by atoms with Gasteiger partial charge in [0, 0.05) is 57.2 Å². The molecule has 33 heavy (non-hydrogen) atoms. The number of piperazine rings is 1. The van der Waals surface area contributed by atoms with E-state index in [1.165, 1.54) is 30.2 Å². The summed E-state index contributed by atoms with van der Waals surface area (Å²) in [6, 6.07) is 6.57. The van der Waals surface area contributed by atoms with Gasteiger partial charge in [0.25, 0.3) is 0 Å². The molecule has 3 rings (SSSR count). The van der Waals surface area contributed by atoms with E-state index in [1.807, 2.05) is 18.7 Å². The zero-order valence-corrected chi connectivity index (χ0v) is 21.7. The van der Waals surface area contributed by atoms with Gasteiger partial charge in [-0.2, -0.15) is 0 Å². The second-order valence-electron chi connectivity index (χ2n) is 8.95. The fourth-order valence-corrected chi connectivity index (χ4v) is 3.52. The molecular formula is C27H45N5O. The Bertz CT molecular complexity index is 803. The molecule has 1 fully saturated rings. The number of amides is 1. The maximum atomic E-state index is 11.8. The quantitative estimate of drug-likeness (QED) is 0.500. The monoisotopic (exact) mass is 455 g/mol. The highest BCUT2D eigenvalue weighted by molar-refractivity contribution is 5.93. The number of benzene rings is 1. The van der Waals surface area contributed by atoms with Crippen LogP contribution in [0.1, 0.15) is 59.9 Å². The number of carbonyl (C=O) groups is 1. The molecule has 2 aliphatic heterocycles. The predicted molar refractivity (Wildman–Crippen MR) is 144 cm³/mol. The Kier molecular flexibility index (Phi) is 13.2. The van der Waals surface area contributed by atoms with Crippen LogP contribution >= 0.6 is 0 Å². The van der Waals surface area contributed by atoms with Gasteiger partial charge in [-0.1, -0.05) is 45.8 Å². The fraction of sp³-hybridized carbons (Fsp3) is 0.556. The van der Waals surface area contributed by atoms with Gasteiger partial charge in [-0.05, 0) is 56.0 Å². The van der Waals surface area contributed by atoms with E-state index in [9.17, 15) is 4.79 Å². The topological polar surface area (TPSA) is 74.0 Å². The summed E-state index contributed by atoms with van der Waals surface area (Å²) < 4.78 is 0. The van der Waals surface area contributed by atoms with Gasteiger partial charge in [0.2, 0.25) is 5.91 Å². The normalized spacial score (nSPS) is 17.5. The maximum absolute atomic E-state index is 11.8. The number of aliphatic imine (C=N–C) groups is 1. The Balaban J connectivity index is 0.000000351. The standard InChI is InChI=1S/C16H23N3O.C7H12N2.C4H10/c1-12-9-14-10-15(18-7-5-17-6-8-18)3-4-16(14)19(11-12)13(2)20;1-4-7(8)9-5-6(2)3;1-3-4-2/h3-4,10,12,17H,5-9,11H2,1-2H3;4-5H,1H2,2-3H3,(H2,8,9);3-4H2,1-2H3. The number of carbonyl (C=O) groups excluding carboxylic acids is 1. The molecule has 1 atom stereocenters. The van der Waals surface area contributed by atoms with E-state index in [4.69, 9.17) is 5.73 Å². The third-order valence-corrected chi connectivity index (χ3v) is 5.46. The van der Waals surface area contributed by atoms with Crippen molar-refractivity contribution in [1.29, 1.82) is 0 Å². The van der Waals surface area contributed by atoms with Crippen LogP contribution in [0, 0.1) is 5.92 Å². The molecule has 1 aromatic carbocycles. The Labute approximate surface area is 201 Å². The molecule has 6 nitrogen and oxygen atoms in total. The number of amidine groups is 1. The minimum Gasteiger partial charge on any atom is -0.384 e. The van der Waals surface area contributed by atoms with Crippen molar-refractivity contribution in [3.05, 3.63) is 48.2 Å². The largest absolute Gasteiger partial charge is 0.384 e. The van der Waals surface area contributed by atoms with Crippen LogP contribution in [-0.2, 0) is 11.2 Å². The summed E-state index contributed by atoms with van der Waals surface area (Å²) in [5.41, 5.74) is 10.1. The molecule has 0 saturated carbocycles. The summed E-state index contributed by atoms with van der Waals surface area (Å²) in [4.78, 5) is 20.0. The van der Waals surface area contributed by atoms with Crippen molar-refractivity contribution >= 4 is 23.1 Å². The number of unbranched alkanes of at least 4 members (excludes halogenated alkanes) is 1. The van der Waals surface area contributed by atoms with Crippen LogP contribution in [0.15, 0.2) is 47.6 Å². The summed E-state index contributed by atoms with van der Waals surface area (Å²) in [5.74, 6) is 1.13. The van der Waals surface area contributed by atoms with Crippen LogP contribution in [-0.4, -0.2) is 44.5 Å². The van der Waals surface area contributed by atoms with Gasteiger partial charge < -0.3 is 20.9 Å². The van der Waals surface area contributed by atoms with Crippen molar-refractivity contribution in [2.75, 3.05) is 42.5 Å². The number of hydrogen-bond acceptors (Lipinski definition) is 4. The van der Waals surface area contributed by atoms with E-state index >= 15 is 0 Å². The summed E-state index contributed by atoms with van der Waals surface area (Å²) in [6.45, 7) is 20.7. The lowest BCUT2D eigenvalue weighted by molar-refractivity contribution is -0.116. The lowest BCUT2D eigenvalue weighted by atomic mass is 9.93. The second kappa shape index (κ2) is 15.3. The average molecular weight is 456 g/mol. The molecule has 0 aliphatic carbocycles. The number of nitrogens with two attached hydrogens (primary N) is 1. The highest BCUT2D eigenvalue weighted by atomic mass is 16.2. The first-order valence-corrected chi connectivity index (χ1v) is 12.2. The highest BCUT2D eigenvalue weighted by Gasteiger charge is 2.25. The van der Waals surface area contributed by atoms with Gasteiger partial charge in [-0.25, -0.2) is 4.99 Å². The molecule has 0 spiro atoms. The zero-order chi connectivity index (χ0) is 24.8. The number of nitrogens with one attached hydrogen (secondary N) is 1. The van der Waals surface area contributed by atoms with Crippen molar-refractivity contribution in [3.8, 4) is 0 Å². The summed E-state index contributed by atoms with van der Waals surface area (Å²) in [6.07, 6.45) is 6.93. The number of anilines is 2. The Morgan fingerprint density at radius 2 is 1.85 bits per heavy atom. The Morgan fingerprint density at radius 1 is 1.21 bits per heavy atom. The van der Waals surface area contributed by atoms with Gasteiger partial charge >= 0.3 is 0 Å². The van der Waals surface area contributed by atoms with E-state index in [1.54, 1.807) is 13.1 Å². The molecule has 2 heterocycles. The molecule has 1 saturated heterocycles. The molecule has 0 radical (unpaired) electrons. The summed E-state index contributed by atoms with van der Waals surface area (Å²) in [5, 5.41) is 3.38.